The van der Waals surface area contributed by atoms with E-state index in [4.69, 9.17) is 0 Å². The van der Waals surface area contributed by atoms with Crippen LogP contribution in [0.2, 0.25) is 0 Å². The first kappa shape index (κ1) is 15.9. The van der Waals surface area contributed by atoms with Crippen LogP contribution in [0.1, 0.15) is 23.6 Å². The molecule has 8 heteroatoms. The number of nitro groups is 1. The minimum absolute atomic E-state index is 0.0240. The van der Waals surface area contributed by atoms with Gasteiger partial charge in [0.15, 0.2) is 14.8 Å². The van der Waals surface area contributed by atoms with Crippen molar-refractivity contribution in [2.45, 2.75) is 23.1 Å². The summed E-state index contributed by atoms with van der Waals surface area (Å²) in [6, 6.07) is 9.21. The molecule has 0 saturated heterocycles. The van der Waals surface area contributed by atoms with Crippen molar-refractivity contribution >= 4 is 31.9 Å². The van der Waals surface area contributed by atoms with Gasteiger partial charge in [0.25, 0.3) is 0 Å². The van der Waals surface area contributed by atoms with Crippen LogP contribution in [0.15, 0.2) is 34.5 Å². The minimum atomic E-state index is -3.47. The van der Waals surface area contributed by atoms with Crippen LogP contribution in [0.25, 0.3) is 0 Å². The molecular formula is C15H16N2O4S2. The molecule has 23 heavy (non-hydrogen) atoms. The third-order valence-corrected chi connectivity index (χ3v) is 7.14. The number of aryl methyl sites for hydroxylation is 1. The highest BCUT2D eigenvalue weighted by molar-refractivity contribution is 7.92. The summed E-state index contributed by atoms with van der Waals surface area (Å²) in [5, 5.41) is 11.7. The molecule has 1 atom stereocenters. The van der Waals surface area contributed by atoms with Crippen LogP contribution in [0.5, 0.6) is 0 Å². The van der Waals surface area contributed by atoms with Crippen molar-refractivity contribution in [3.05, 3.63) is 51.6 Å². The lowest BCUT2D eigenvalue weighted by Gasteiger charge is -2.25. The van der Waals surface area contributed by atoms with Crippen molar-refractivity contribution in [1.29, 1.82) is 0 Å². The van der Waals surface area contributed by atoms with E-state index in [1.54, 1.807) is 7.05 Å². The quantitative estimate of drug-likeness (QED) is 0.623. The summed E-state index contributed by atoms with van der Waals surface area (Å²) >= 11 is 0.961. The van der Waals surface area contributed by atoms with E-state index in [0.29, 0.717) is 5.00 Å². The Morgan fingerprint density at radius 1 is 1.35 bits per heavy atom. The number of hydrogen-bond donors (Lipinski definition) is 0. The van der Waals surface area contributed by atoms with Gasteiger partial charge in [0.1, 0.15) is 4.21 Å². The van der Waals surface area contributed by atoms with Gasteiger partial charge in [-0.15, -0.1) is 0 Å². The number of hydrogen-bond acceptors (Lipinski definition) is 6. The Labute approximate surface area is 138 Å². The van der Waals surface area contributed by atoms with E-state index < -0.39 is 14.8 Å². The molecule has 0 saturated carbocycles. The molecule has 122 valence electrons. The van der Waals surface area contributed by atoms with E-state index in [1.807, 2.05) is 23.1 Å². The molecule has 6 nitrogen and oxygen atoms in total. The first-order valence-corrected chi connectivity index (χ1v) is 9.78. The standard InChI is InChI=1S/C15H16N2O4S2/c1-16(12-8-7-10-5-3-4-6-11(10)12)15-13(17(18)19)9-14(22-15)23(2,20)21/h3-6,9,12H,7-8H2,1-2H3. The molecule has 1 aromatic heterocycles. The molecular weight excluding hydrogens is 336 g/mol. The lowest BCUT2D eigenvalue weighted by molar-refractivity contribution is -0.383. The van der Waals surface area contributed by atoms with Crippen LogP contribution in [-0.2, 0) is 16.3 Å². The average Bonchev–Trinajstić information content (AvgIpc) is 3.10. The van der Waals surface area contributed by atoms with Gasteiger partial charge in [0.05, 0.1) is 11.0 Å². The zero-order valence-electron chi connectivity index (χ0n) is 12.7. The maximum absolute atomic E-state index is 11.7. The zero-order chi connectivity index (χ0) is 16.8. The van der Waals surface area contributed by atoms with Gasteiger partial charge < -0.3 is 4.90 Å². The summed E-state index contributed by atoms with van der Waals surface area (Å²) in [5.41, 5.74) is 2.24. The van der Waals surface area contributed by atoms with Gasteiger partial charge in [0.2, 0.25) is 0 Å². The van der Waals surface area contributed by atoms with E-state index in [2.05, 4.69) is 6.07 Å². The van der Waals surface area contributed by atoms with Crippen LogP contribution < -0.4 is 4.90 Å². The molecule has 0 fully saturated rings. The second kappa shape index (κ2) is 5.61. The monoisotopic (exact) mass is 352 g/mol. The van der Waals surface area contributed by atoms with Crippen LogP contribution in [0, 0.1) is 10.1 Å². The highest BCUT2D eigenvalue weighted by atomic mass is 32.2. The van der Waals surface area contributed by atoms with Gasteiger partial charge in [-0.05, 0) is 24.0 Å². The molecule has 0 amide bonds. The first-order valence-electron chi connectivity index (χ1n) is 7.08. The summed E-state index contributed by atoms with van der Waals surface area (Å²) in [6.45, 7) is 0. The van der Waals surface area contributed by atoms with E-state index in [9.17, 15) is 18.5 Å². The van der Waals surface area contributed by atoms with Gasteiger partial charge in [-0.2, -0.15) is 0 Å². The van der Waals surface area contributed by atoms with Gasteiger partial charge in [-0.3, -0.25) is 10.1 Å². The number of nitrogens with zero attached hydrogens (tertiary/aromatic N) is 2. The van der Waals surface area contributed by atoms with E-state index >= 15 is 0 Å². The molecule has 1 aliphatic rings. The number of anilines is 1. The smallest absolute Gasteiger partial charge is 0.305 e. The van der Waals surface area contributed by atoms with Crippen molar-refractivity contribution in [3.8, 4) is 0 Å². The van der Waals surface area contributed by atoms with Crippen LogP contribution in [0.3, 0.4) is 0 Å². The molecule has 1 heterocycles. The predicted molar refractivity (Wildman–Crippen MR) is 90.0 cm³/mol. The molecule has 2 aromatic rings. The fourth-order valence-corrected chi connectivity index (χ4v) is 5.03. The summed E-state index contributed by atoms with van der Waals surface area (Å²) in [5.74, 6) is 0. The minimum Gasteiger partial charge on any atom is -0.354 e. The summed E-state index contributed by atoms with van der Waals surface area (Å²) in [4.78, 5) is 12.6. The fourth-order valence-electron chi connectivity index (χ4n) is 3.00. The van der Waals surface area contributed by atoms with Crippen molar-refractivity contribution in [2.24, 2.45) is 0 Å². The average molecular weight is 352 g/mol. The van der Waals surface area contributed by atoms with Crippen molar-refractivity contribution in [2.75, 3.05) is 18.2 Å². The van der Waals surface area contributed by atoms with Gasteiger partial charge in [0, 0.05) is 19.4 Å². The van der Waals surface area contributed by atoms with Crippen molar-refractivity contribution in [1.82, 2.24) is 0 Å². The molecule has 0 spiro atoms. The normalized spacial score (nSPS) is 17.0. The molecule has 3 rings (SSSR count). The Kier molecular flexibility index (Phi) is 3.89. The Morgan fingerprint density at radius 2 is 2.04 bits per heavy atom. The lowest BCUT2D eigenvalue weighted by atomic mass is 10.1. The predicted octanol–water partition coefficient (Wildman–Crippen LogP) is 3.18. The number of rotatable bonds is 4. The third kappa shape index (κ3) is 2.84. The van der Waals surface area contributed by atoms with Crippen LogP contribution in [-0.4, -0.2) is 26.6 Å². The van der Waals surface area contributed by atoms with Crippen molar-refractivity contribution < 1.29 is 13.3 Å². The van der Waals surface area contributed by atoms with Gasteiger partial charge in [-0.1, -0.05) is 35.6 Å². The maximum Gasteiger partial charge on any atom is 0.305 e. The molecule has 1 aromatic carbocycles. The molecule has 0 radical (unpaired) electrons. The van der Waals surface area contributed by atoms with E-state index in [0.717, 1.165) is 42.1 Å². The Bertz CT molecular complexity index is 873. The van der Waals surface area contributed by atoms with Gasteiger partial charge >= 0.3 is 5.69 Å². The SMILES string of the molecule is CN(c1sc(S(C)(=O)=O)cc1[N+](=O)[O-])C1CCc2ccccc21. The fraction of sp³-hybridized carbons (Fsp3) is 0.333. The van der Waals surface area contributed by atoms with Crippen LogP contribution >= 0.6 is 11.3 Å². The first-order chi connectivity index (χ1) is 10.8. The van der Waals surface area contributed by atoms with Gasteiger partial charge in [-0.25, -0.2) is 8.42 Å². The summed E-state index contributed by atoms with van der Waals surface area (Å²) in [6.07, 6.45) is 2.85. The summed E-state index contributed by atoms with van der Waals surface area (Å²) < 4.78 is 23.5. The highest BCUT2D eigenvalue weighted by Crippen LogP contribution is 2.45. The molecule has 0 aliphatic heterocycles. The third-order valence-electron chi connectivity index (χ3n) is 4.12. The molecule has 1 unspecified atom stereocenters. The largest absolute Gasteiger partial charge is 0.354 e. The number of sulfone groups is 1. The Hall–Kier alpha value is -1.93. The molecule has 0 N–H and O–H groups in total. The highest BCUT2D eigenvalue weighted by Gasteiger charge is 2.32. The van der Waals surface area contributed by atoms with Crippen LogP contribution in [0.4, 0.5) is 10.7 Å². The van der Waals surface area contributed by atoms with Crippen molar-refractivity contribution in [3.63, 3.8) is 0 Å². The lowest BCUT2D eigenvalue weighted by Crippen LogP contribution is -2.21. The molecule has 0 bridgehead atoms. The molecule has 1 aliphatic carbocycles. The Balaban J connectivity index is 2.05. The second-order valence-corrected chi connectivity index (χ2v) is 8.92. The second-order valence-electron chi connectivity index (χ2n) is 5.65. The number of fused-ring (bicyclic) bond motifs is 1. The Morgan fingerprint density at radius 3 is 2.70 bits per heavy atom. The number of benzene rings is 1. The summed E-state index contributed by atoms with van der Waals surface area (Å²) in [7, 11) is -1.68. The number of thiophene rings is 1. The topological polar surface area (TPSA) is 80.5 Å². The zero-order valence-corrected chi connectivity index (χ0v) is 14.4. The van der Waals surface area contributed by atoms with E-state index in [-0.39, 0.29) is 15.9 Å². The van der Waals surface area contributed by atoms with E-state index in [1.165, 1.54) is 5.56 Å². The maximum atomic E-state index is 11.7.